The number of amides is 1. The molecule has 0 bridgehead atoms. The van der Waals surface area contributed by atoms with E-state index in [0.29, 0.717) is 0 Å². The van der Waals surface area contributed by atoms with Crippen LogP contribution in [0.2, 0.25) is 0 Å². The molecule has 3 N–H and O–H groups in total. The van der Waals surface area contributed by atoms with Crippen molar-refractivity contribution in [2.75, 3.05) is 18.5 Å². The number of aliphatic hydroxyl groups excluding tert-OH is 1. The number of carbonyl (C=O) groups excluding carboxylic acids is 1. The third-order valence-corrected chi connectivity index (χ3v) is 2.95. The van der Waals surface area contributed by atoms with Crippen LogP contribution in [0.4, 0.5) is 5.69 Å². The van der Waals surface area contributed by atoms with Crippen LogP contribution in [0.3, 0.4) is 0 Å². The lowest BCUT2D eigenvalue weighted by Crippen LogP contribution is -2.32. The fourth-order valence-electron chi connectivity index (χ4n) is 1.92. The molecule has 0 aliphatic carbocycles. The number of aliphatic hydroxyl groups is 1. The van der Waals surface area contributed by atoms with E-state index < -0.39 is 0 Å². The van der Waals surface area contributed by atoms with E-state index >= 15 is 0 Å². The summed E-state index contributed by atoms with van der Waals surface area (Å²) in [5.41, 5.74) is 1.72. The second-order valence-electron chi connectivity index (χ2n) is 4.44. The molecule has 0 spiro atoms. The second-order valence-corrected chi connectivity index (χ2v) is 4.44. The number of rotatable bonds is 6. The normalized spacial score (nSPS) is 11.8. The minimum atomic E-state index is -0.238. The predicted octanol–water partition coefficient (Wildman–Crippen LogP) is 1.95. The third-order valence-electron chi connectivity index (χ3n) is 2.95. The minimum absolute atomic E-state index is 0.0529. The molecule has 4 heteroatoms. The summed E-state index contributed by atoms with van der Waals surface area (Å²) in [6.07, 6.45) is 0. The predicted molar refractivity (Wildman–Crippen MR) is 79.3 cm³/mol. The summed E-state index contributed by atoms with van der Waals surface area (Å²) in [5.74, 6) is -0.134. The van der Waals surface area contributed by atoms with Crippen molar-refractivity contribution in [3.63, 3.8) is 0 Å². The highest BCUT2D eigenvalue weighted by atomic mass is 16.3. The SMILES string of the molecule is O=C(CNC(CO)c1ccccc1)Nc1ccccc1. The summed E-state index contributed by atoms with van der Waals surface area (Å²) >= 11 is 0. The Hall–Kier alpha value is -2.17. The topological polar surface area (TPSA) is 61.4 Å². The lowest BCUT2D eigenvalue weighted by molar-refractivity contribution is -0.115. The van der Waals surface area contributed by atoms with Crippen LogP contribution in [0.1, 0.15) is 11.6 Å². The maximum Gasteiger partial charge on any atom is 0.238 e. The number of hydrogen-bond donors (Lipinski definition) is 3. The highest BCUT2D eigenvalue weighted by Gasteiger charge is 2.11. The Balaban J connectivity index is 1.86. The highest BCUT2D eigenvalue weighted by Crippen LogP contribution is 2.11. The van der Waals surface area contributed by atoms with Gasteiger partial charge in [-0.15, -0.1) is 0 Å². The zero-order valence-electron chi connectivity index (χ0n) is 11.1. The van der Waals surface area contributed by atoms with Crippen LogP contribution in [0.5, 0.6) is 0 Å². The summed E-state index contributed by atoms with van der Waals surface area (Å²) in [6.45, 7) is 0.0949. The largest absolute Gasteiger partial charge is 0.394 e. The monoisotopic (exact) mass is 270 g/mol. The van der Waals surface area contributed by atoms with Gasteiger partial charge in [0.05, 0.1) is 19.2 Å². The standard InChI is InChI=1S/C16H18N2O2/c19-12-15(13-7-3-1-4-8-13)17-11-16(20)18-14-9-5-2-6-10-14/h1-10,15,17,19H,11-12H2,(H,18,20). The van der Waals surface area contributed by atoms with E-state index in [1.807, 2.05) is 60.7 Å². The molecule has 2 rings (SSSR count). The van der Waals surface area contributed by atoms with Crippen LogP contribution in [0, 0.1) is 0 Å². The van der Waals surface area contributed by atoms with Crippen LogP contribution in [0.25, 0.3) is 0 Å². The van der Waals surface area contributed by atoms with Gasteiger partial charge in [0.1, 0.15) is 0 Å². The Morgan fingerprint density at radius 1 is 1.00 bits per heavy atom. The molecule has 20 heavy (non-hydrogen) atoms. The van der Waals surface area contributed by atoms with Crippen molar-refractivity contribution in [3.05, 3.63) is 66.2 Å². The van der Waals surface area contributed by atoms with E-state index in [4.69, 9.17) is 0 Å². The molecular formula is C16H18N2O2. The van der Waals surface area contributed by atoms with E-state index in [1.54, 1.807) is 0 Å². The van der Waals surface area contributed by atoms with E-state index in [0.717, 1.165) is 11.3 Å². The molecule has 0 aliphatic rings. The molecule has 0 saturated heterocycles. The molecule has 104 valence electrons. The lowest BCUT2D eigenvalue weighted by Gasteiger charge is -2.16. The number of para-hydroxylation sites is 1. The van der Waals surface area contributed by atoms with Gasteiger partial charge in [-0.1, -0.05) is 48.5 Å². The minimum Gasteiger partial charge on any atom is -0.394 e. The van der Waals surface area contributed by atoms with Crippen LogP contribution in [-0.2, 0) is 4.79 Å². The van der Waals surface area contributed by atoms with Gasteiger partial charge >= 0.3 is 0 Å². The van der Waals surface area contributed by atoms with Gasteiger partial charge < -0.3 is 10.4 Å². The average molecular weight is 270 g/mol. The molecule has 1 amide bonds. The molecule has 0 saturated carbocycles. The number of nitrogens with one attached hydrogen (secondary N) is 2. The molecule has 2 aromatic rings. The summed E-state index contributed by atoms with van der Waals surface area (Å²) in [6, 6.07) is 18.6. The Morgan fingerprint density at radius 3 is 2.20 bits per heavy atom. The number of anilines is 1. The van der Waals surface area contributed by atoms with Crippen LogP contribution in [-0.4, -0.2) is 24.2 Å². The smallest absolute Gasteiger partial charge is 0.238 e. The van der Waals surface area contributed by atoms with Gasteiger partial charge in [0.25, 0.3) is 0 Å². The molecule has 4 nitrogen and oxygen atoms in total. The fraction of sp³-hybridized carbons (Fsp3) is 0.188. The Morgan fingerprint density at radius 2 is 1.60 bits per heavy atom. The molecule has 2 aromatic carbocycles. The van der Waals surface area contributed by atoms with Crippen molar-refractivity contribution in [2.24, 2.45) is 0 Å². The molecule has 0 heterocycles. The maximum atomic E-state index is 11.8. The number of carbonyl (C=O) groups is 1. The molecular weight excluding hydrogens is 252 g/mol. The zero-order valence-corrected chi connectivity index (χ0v) is 11.1. The van der Waals surface area contributed by atoms with Gasteiger partial charge in [-0.3, -0.25) is 10.1 Å². The average Bonchev–Trinajstić information content (AvgIpc) is 2.50. The molecule has 0 fully saturated rings. The Labute approximate surface area is 118 Å². The van der Waals surface area contributed by atoms with Gasteiger partial charge in [-0.2, -0.15) is 0 Å². The molecule has 0 radical (unpaired) electrons. The quantitative estimate of drug-likeness (QED) is 0.752. The van der Waals surface area contributed by atoms with E-state index in [-0.39, 0.29) is 25.1 Å². The van der Waals surface area contributed by atoms with E-state index in [2.05, 4.69) is 10.6 Å². The highest BCUT2D eigenvalue weighted by molar-refractivity contribution is 5.92. The first-order valence-electron chi connectivity index (χ1n) is 6.53. The number of hydrogen-bond acceptors (Lipinski definition) is 3. The first-order chi connectivity index (χ1) is 9.79. The van der Waals surface area contributed by atoms with Gasteiger partial charge in [-0.05, 0) is 17.7 Å². The molecule has 0 aromatic heterocycles. The summed E-state index contributed by atoms with van der Waals surface area (Å²) in [5, 5.41) is 15.2. The maximum absolute atomic E-state index is 11.8. The fourth-order valence-corrected chi connectivity index (χ4v) is 1.92. The van der Waals surface area contributed by atoms with E-state index in [9.17, 15) is 9.90 Å². The van der Waals surface area contributed by atoms with Crippen molar-refractivity contribution >= 4 is 11.6 Å². The first kappa shape index (κ1) is 14.2. The summed E-state index contributed by atoms with van der Waals surface area (Å²) < 4.78 is 0. The van der Waals surface area contributed by atoms with Crippen molar-refractivity contribution in [1.82, 2.24) is 5.32 Å². The third kappa shape index (κ3) is 4.19. The Kier molecular flexibility index (Phi) is 5.29. The van der Waals surface area contributed by atoms with Gasteiger partial charge in [-0.25, -0.2) is 0 Å². The van der Waals surface area contributed by atoms with Crippen molar-refractivity contribution in [3.8, 4) is 0 Å². The molecule has 1 unspecified atom stereocenters. The van der Waals surface area contributed by atoms with Crippen LogP contribution in [0.15, 0.2) is 60.7 Å². The molecule has 0 aliphatic heterocycles. The summed E-state index contributed by atoms with van der Waals surface area (Å²) in [4.78, 5) is 11.8. The lowest BCUT2D eigenvalue weighted by atomic mass is 10.1. The molecule has 1 atom stereocenters. The van der Waals surface area contributed by atoms with Gasteiger partial charge in [0.2, 0.25) is 5.91 Å². The van der Waals surface area contributed by atoms with E-state index in [1.165, 1.54) is 0 Å². The zero-order chi connectivity index (χ0) is 14.2. The summed E-state index contributed by atoms with van der Waals surface area (Å²) in [7, 11) is 0. The van der Waals surface area contributed by atoms with Gasteiger partial charge in [0, 0.05) is 5.69 Å². The second kappa shape index (κ2) is 7.43. The Bertz CT molecular complexity index is 529. The number of benzene rings is 2. The van der Waals surface area contributed by atoms with Crippen molar-refractivity contribution in [1.29, 1.82) is 0 Å². The first-order valence-corrected chi connectivity index (χ1v) is 6.53. The van der Waals surface area contributed by atoms with Crippen LogP contribution < -0.4 is 10.6 Å². The van der Waals surface area contributed by atoms with Crippen molar-refractivity contribution < 1.29 is 9.90 Å². The van der Waals surface area contributed by atoms with Crippen molar-refractivity contribution in [2.45, 2.75) is 6.04 Å². The van der Waals surface area contributed by atoms with Gasteiger partial charge in [0.15, 0.2) is 0 Å². The van der Waals surface area contributed by atoms with Crippen LogP contribution >= 0.6 is 0 Å².